The van der Waals surface area contributed by atoms with Gasteiger partial charge in [0.1, 0.15) is 0 Å². The van der Waals surface area contributed by atoms with E-state index in [1.54, 1.807) is 0 Å². The Kier molecular flexibility index (Phi) is 6.21. The summed E-state index contributed by atoms with van der Waals surface area (Å²) in [5.41, 5.74) is 4.82. The second kappa shape index (κ2) is 7.79. The molecule has 1 aromatic carbocycles. The molecule has 2 rings (SSSR count). The molecule has 0 amide bonds. The Morgan fingerprint density at radius 3 is 2.29 bits per heavy atom. The zero-order valence-electron chi connectivity index (χ0n) is 14.8. The molecule has 0 fully saturated rings. The van der Waals surface area contributed by atoms with Crippen molar-refractivity contribution < 1.29 is 4.74 Å². The minimum absolute atomic E-state index is 0.0661. The minimum atomic E-state index is -0.0862. The van der Waals surface area contributed by atoms with Gasteiger partial charge >= 0.3 is 156 Å². The Labute approximate surface area is 156 Å². The maximum atomic E-state index is 12.8. The van der Waals surface area contributed by atoms with Gasteiger partial charge in [0.2, 0.25) is 0 Å². The first-order valence-electron chi connectivity index (χ1n) is 8.01. The predicted octanol–water partition coefficient (Wildman–Crippen LogP) is 3.71. The molecular formula is C18H23N2O2SSe. The van der Waals surface area contributed by atoms with Crippen molar-refractivity contribution in [3.05, 3.63) is 50.0 Å². The molecule has 0 N–H and O–H groups in total. The Morgan fingerprint density at radius 2 is 1.79 bits per heavy atom. The van der Waals surface area contributed by atoms with Gasteiger partial charge in [0.25, 0.3) is 0 Å². The molecule has 1 radical (unpaired) electrons. The van der Waals surface area contributed by atoms with Crippen LogP contribution in [-0.2, 0) is 11.5 Å². The van der Waals surface area contributed by atoms with Gasteiger partial charge in [0.05, 0.1) is 0 Å². The van der Waals surface area contributed by atoms with Crippen LogP contribution in [0, 0.1) is 18.6 Å². The van der Waals surface area contributed by atoms with E-state index in [0.29, 0.717) is 18.1 Å². The molecule has 1 heterocycles. The Hall–Kier alpha value is -1.20. The number of nitrogens with zero attached hydrogens (tertiary/aromatic N) is 2. The number of benzene rings is 1. The van der Waals surface area contributed by atoms with Crippen molar-refractivity contribution in [3.63, 3.8) is 0 Å². The van der Waals surface area contributed by atoms with Crippen molar-refractivity contribution in [2.45, 2.75) is 47.3 Å². The average molecular weight is 410 g/mol. The number of aromatic nitrogens is 2. The number of hydrogen-bond acceptors (Lipinski definition) is 3. The normalized spacial score (nSPS) is 11.2. The Bertz CT molecular complexity index is 848. The number of hydrogen-bond donors (Lipinski definition) is 0. The molecule has 6 heteroatoms. The molecular weight excluding hydrogens is 387 g/mol. The molecule has 0 aliphatic carbocycles. The summed E-state index contributed by atoms with van der Waals surface area (Å²) in [5, 5.41) is 0. The first-order valence-corrected chi connectivity index (χ1v) is 9.19. The molecule has 2 aromatic rings. The van der Waals surface area contributed by atoms with Gasteiger partial charge in [-0.15, -0.1) is 0 Å². The van der Waals surface area contributed by atoms with Crippen LogP contribution in [0.5, 0.6) is 0 Å². The van der Waals surface area contributed by atoms with Crippen molar-refractivity contribution in [2.24, 2.45) is 0 Å². The van der Waals surface area contributed by atoms with Crippen molar-refractivity contribution >= 4 is 28.4 Å². The fourth-order valence-electron chi connectivity index (χ4n) is 2.89. The molecule has 0 saturated carbocycles. The van der Waals surface area contributed by atoms with E-state index >= 15 is 0 Å². The van der Waals surface area contributed by atoms with Gasteiger partial charge in [0, 0.05) is 0 Å². The molecule has 0 unspecified atom stereocenters. The van der Waals surface area contributed by atoms with Crippen LogP contribution in [0.4, 0.5) is 0 Å². The number of aryl methyl sites for hydroxylation is 2. The first-order chi connectivity index (χ1) is 11.3. The van der Waals surface area contributed by atoms with Crippen molar-refractivity contribution in [2.75, 3.05) is 6.61 Å². The van der Waals surface area contributed by atoms with Crippen LogP contribution in [0.25, 0.3) is 11.3 Å². The molecule has 0 spiro atoms. The van der Waals surface area contributed by atoms with Crippen LogP contribution in [0.2, 0.25) is 0 Å². The molecule has 4 nitrogen and oxygen atoms in total. The van der Waals surface area contributed by atoms with Crippen LogP contribution < -0.4 is 5.56 Å². The molecule has 0 atom stereocenters. The van der Waals surface area contributed by atoms with Gasteiger partial charge < -0.3 is 0 Å². The summed E-state index contributed by atoms with van der Waals surface area (Å²) >= 11 is 8.28. The second-order valence-corrected chi connectivity index (χ2v) is 7.36. The molecule has 129 valence electrons. The molecule has 1 aromatic heterocycles. The second-order valence-electron chi connectivity index (χ2n) is 6.23. The standard InChI is InChI=1S/C18H23N2O2SSe/c1-6-22-10-19-16(14-8-12(4)7-13(5)9-14)15(11(2)3)17(21)20(24)18(19)23/h7-9,11H,6,10H2,1-5H3. The van der Waals surface area contributed by atoms with Gasteiger partial charge in [-0.1, -0.05) is 0 Å². The van der Waals surface area contributed by atoms with Crippen LogP contribution in [0.15, 0.2) is 23.0 Å². The third-order valence-corrected chi connectivity index (χ3v) is 5.22. The van der Waals surface area contributed by atoms with Gasteiger partial charge in [-0.3, -0.25) is 0 Å². The Morgan fingerprint density at radius 1 is 1.21 bits per heavy atom. The van der Waals surface area contributed by atoms with E-state index in [9.17, 15) is 4.79 Å². The van der Waals surface area contributed by atoms with E-state index in [2.05, 4.69) is 48.3 Å². The quantitative estimate of drug-likeness (QED) is 0.557. The third kappa shape index (κ3) is 3.72. The zero-order chi connectivity index (χ0) is 18.0. The summed E-state index contributed by atoms with van der Waals surface area (Å²) in [7, 11) is 0. The van der Waals surface area contributed by atoms with E-state index in [4.69, 9.17) is 17.0 Å². The summed E-state index contributed by atoms with van der Waals surface area (Å²) in [6, 6.07) is 6.30. The summed E-state index contributed by atoms with van der Waals surface area (Å²) in [5.74, 6) is 0.0661. The summed E-state index contributed by atoms with van der Waals surface area (Å²) in [6.07, 6.45) is 0. The SMILES string of the molecule is CCOCn1c(-c2cc(C)cc(C)c2)c(C(C)C)c(=O)n([Se])c1=S. The van der Waals surface area contributed by atoms with E-state index in [1.165, 1.54) is 3.58 Å². The molecule has 0 aliphatic heterocycles. The molecule has 24 heavy (non-hydrogen) atoms. The molecule has 0 saturated heterocycles. The summed E-state index contributed by atoms with van der Waals surface area (Å²) in [6.45, 7) is 11.0. The fourth-order valence-corrected chi connectivity index (χ4v) is 3.53. The van der Waals surface area contributed by atoms with Crippen molar-refractivity contribution in [3.8, 4) is 11.3 Å². The van der Waals surface area contributed by atoms with E-state index in [0.717, 1.165) is 27.9 Å². The van der Waals surface area contributed by atoms with Gasteiger partial charge in [-0.2, -0.15) is 0 Å². The van der Waals surface area contributed by atoms with Gasteiger partial charge in [0.15, 0.2) is 0 Å². The van der Waals surface area contributed by atoms with Gasteiger partial charge in [-0.25, -0.2) is 0 Å². The first kappa shape index (κ1) is 19.1. The van der Waals surface area contributed by atoms with Crippen LogP contribution in [0.1, 0.15) is 43.4 Å². The third-order valence-electron chi connectivity index (χ3n) is 3.84. The van der Waals surface area contributed by atoms with Crippen molar-refractivity contribution in [1.82, 2.24) is 8.15 Å². The zero-order valence-corrected chi connectivity index (χ0v) is 17.3. The monoisotopic (exact) mass is 411 g/mol. The van der Waals surface area contributed by atoms with E-state index in [1.807, 2.05) is 25.3 Å². The number of rotatable bonds is 5. The van der Waals surface area contributed by atoms with Crippen LogP contribution >= 0.6 is 12.2 Å². The van der Waals surface area contributed by atoms with Crippen LogP contribution in [0.3, 0.4) is 0 Å². The molecule has 0 aliphatic rings. The maximum absolute atomic E-state index is 12.8. The Balaban J connectivity index is 2.93. The fraction of sp³-hybridized carbons (Fsp3) is 0.444. The predicted molar refractivity (Wildman–Crippen MR) is 101 cm³/mol. The van der Waals surface area contributed by atoms with E-state index in [-0.39, 0.29) is 11.5 Å². The number of ether oxygens (including phenoxy) is 1. The van der Waals surface area contributed by atoms with Crippen LogP contribution in [-0.4, -0.2) is 31.0 Å². The van der Waals surface area contributed by atoms with Crippen molar-refractivity contribution in [1.29, 1.82) is 0 Å². The molecule has 0 bridgehead atoms. The van der Waals surface area contributed by atoms with Gasteiger partial charge in [-0.05, 0) is 0 Å². The van der Waals surface area contributed by atoms with E-state index < -0.39 is 0 Å². The summed E-state index contributed by atoms with van der Waals surface area (Å²) < 4.78 is 9.36. The average Bonchev–Trinajstić information content (AvgIpc) is 2.50. The summed E-state index contributed by atoms with van der Waals surface area (Å²) in [4.78, 5) is 12.8. The topological polar surface area (TPSA) is 36.2 Å².